The van der Waals surface area contributed by atoms with Crippen LogP contribution >= 0.6 is 15.9 Å². The van der Waals surface area contributed by atoms with E-state index >= 15 is 0 Å². The second-order valence-corrected chi connectivity index (χ2v) is 9.25. The Bertz CT molecular complexity index is 1110. The summed E-state index contributed by atoms with van der Waals surface area (Å²) in [5.74, 6) is -1.59. The molecule has 9 nitrogen and oxygen atoms in total. The molecule has 0 bridgehead atoms. The topological polar surface area (TPSA) is 118 Å². The maximum absolute atomic E-state index is 12.5. The van der Waals surface area contributed by atoms with E-state index in [1.807, 2.05) is 32.9 Å². The minimum Gasteiger partial charge on any atom is -0.483 e. The van der Waals surface area contributed by atoms with Crippen molar-refractivity contribution in [2.45, 2.75) is 39.7 Å². The number of carbonyl (C=O) groups excluding carboxylic acids is 3. The van der Waals surface area contributed by atoms with Gasteiger partial charge in [0.15, 0.2) is 6.61 Å². The van der Waals surface area contributed by atoms with Gasteiger partial charge in [-0.2, -0.15) is 5.10 Å². The van der Waals surface area contributed by atoms with E-state index in [2.05, 4.69) is 37.1 Å². The summed E-state index contributed by atoms with van der Waals surface area (Å²) in [6.07, 6.45) is 3.08. The normalized spacial score (nSPS) is 15.1. The van der Waals surface area contributed by atoms with Gasteiger partial charge in [0.2, 0.25) is 0 Å². The van der Waals surface area contributed by atoms with Crippen molar-refractivity contribution in [1.82, 2.24) is 10.7 Å². The molecule has 3 amide bonds. The van der Waals surface area contributed by atoms with Crippen molar-refractivity contribution in [3.63, 3.8) is 0 Å². The fourth-order valence-corrected chi connectivity index (χ4v) is 4.13. The minimum atomic E-state index is -0.889. The molecule has 186 valence electrons. The standard InChI is InChI=1S/C25H29BrN4O5/c1-15-9-16(2)23(17(3)10-15)29-22(31)14-35-21-7-6-19(26)11-18(21)12-28-30-25(33)24(32)27-13-20-5-4-8-34-20/h6-7,9-12,20H,4-5,8,13-14H2,1-3H3,(H,27,32)(H,29,31)(H,30,33)/b28-12-/t20-/m0/s1. The number of ether oxygens (including phenoxy) is 2. The fourth-order valence-electron chi connectivity index (χ4n) is 3.75. The van der Waals surface area contributed by atoms with Crippen LogP contribution in [-0.4, -0.2) is 49.8 Å². The third-order valence-corrected chi connectivity index (χ3v) is 5.86. The largest absolute Gasteiger partial charge is 0.483 e. The zero-order valence-electron chi connectivity index (χ0n) is 19.9. The predicted molar refractivity (Wildman–Crippen MR) is 137 cm³/mol. The van der Waals surface area contributed by atoms with Crippen LogP contribution in [0.3, 0.4) is 0 Å². The van der Waals surface area contributed by atoms with E-state index in [1.54, 1.807) is 18.2 Å². The lowest BCUT2D eigenvalue weighted by Crippen LogP contribution is -2.41. The van der Waals surface area contributed by atoms with E-state index < -0.39 is 11.8 Å². The molecular weight excluding hydrogens is 516 g/mol. The Morgan fingerprint density at radius 1 is 1.14 bits per heavy atom. The maximum atomic E-state index is 12.5. The molecule has 0 saturated carbocycles. The van der Waals surface area contributed by atoms with Crippen LogP contribution in [0.15, 0.2) is 39.9 Å². The quantitative estimate of drug-likeness (QED) is 0.268. The Morgan fingerprint density at radius 3 is 2.57 bits per heavy atom. The third kappa shape index (κ3) is 7.90. The zero-order chi connectivity index (χ0) is 25.4. The molecule has 1 atom stereocenters. The summed E-state index contributed by atoms with van der Waals surface area (Å²) in [7, 11) is 0. The van der Waals surface area contributed by atoms with Gasteiger partial charge in [-0.3, -0.25) is 14.4 Å². The van der Waals surface area contributed by atoms with Crippen LogP contribution in [-0.2, 0) is 19.1 Å². The number of rotatable bonds is 8. The molecule has 2 aromatic rings. The molecule has 1 aliphatic heterocycles. The molecule has 3 rings (SSSR count). The number of carbonyl (C=O) groups is 3. The maximum Gasteiger partial charge on any atom is 0.329 e. The lowest BCUT2D eigenvalue weighted by atomic mass is 10.1. The van der Waals surface area contributed by atoms with E-state index in [9.17, 15) is 14.4 Å². The van der Waals surface area contributed by atoms with Crippen molar-refractivity contribution in [1.29, 1.82) is 0 Å². The summed E-state index contributed by atoms with van der Waals surface area (Å²) >= 11 is 3.38. The van der Waals surface area contributed by atoms with Gasteiger partial charge in [-0.25, -0.2) is 5.43 Å². The Labute approximate surface area is 212 Å². The number of hydrogen-bond acceptors (Lipinski definition) is 6. The van der Waals surface area contributed by atoms with Crippen LogP contribution in [0.4, 0.5) is 5.69 Å². The highest BCUT2D eigenvalue weighted by molar-refractivity contribution is 9.10. The van der Waals surface area contributed by atoms with Crippen LogP contribution in [0.1, 0.15) is 35.1 Å². The number of nitrogens with one attached hydrogen (secondary N) is 3. The van der Waals surface area contributed by atoms with Crippen LogP contribution in [0, 0.1) is 20.8 Å². The van der Waals surface area contributed by atoms with Crippen LogP contribution in [0.5, 0.6) is 5.75 Å². The SMILES string of the molecule is Cc1cc(C)c(NC(=O)COc2ccc(Br)cc2/C=N\NC(=O)C(=O)NC[C@@H]2CCCO2)c(C)c1. The second kappa shape index (κ2) is 12.5. The van der Waals surface area contributed by atoms with Gasteiger partial charge in [0.05, 0.1) is 12.3 Å². The van der Waals surface area contributed by atoms with Crippen LogP contribution in [0.2, 0.25) is 0 Å². The monoisotopic (exact) mass is 544 g/mol. The molecular formula is C25H29BrN4O5. The first-order valence-electron chi connectivity index (χ1n) is 11.3. The van der Waals surface area contributed by atoms with Gasteiger partial charge in [-0.05, 0) is 62.9 Å². The smallest absolute Gasteiger partial charge is 0.329 e. The molecule has 1 fully saturated rings. The summed E-state index contributed by atoms with van der Waals surface area (Å²) in [5.41, 5.74) is 6.55. The highest BCUT2D eigenvalue weighted by Crippen LogP contribution is 2.23. The van der Waals surface area contributed by atoms with Gasteiger partial charge in [0.25, 0.3) is 5.91 Å². The van der Waals surface area contributed by atoms with Gasteiger partial charge in [-0.15, -0.1) is 0 Å². The van der Waals surface area contributed by atoms with Crippen molar-refractivity contribution < 1.29 is 23.9 Å². The zero-order valence-corrected chi connectivity index (χ0v) is 21.5. The first kappa shape index (κ1) is 26.4. The first-order chi connectivity index (χ1) is 16.7. The summed E-state index contributed by atoms with van der Waals surface area (Å²) in [6, 6.07) is 9.16. The van der Waals surface area contributed by atoms with E-state index in [0.29, 0.717) is 17.9 Å². The molecule has 2 aromatic carbocycles. The van der Waals surface area contributed by atoms with Gasteiger partial charge in [0.1, 0.15) is 5.75 Å². The number of hydrogen-bond donors (Lipinski definition) is 3. The molecule has 0 aliphatic carbocycles. The number of hydrazone groups is 1. The number of anilines is 1. The molecule has 0 radical (unpaired) electrons. The van der Waals surface area contributed by atoms with Crippen molar-refractivity contribution >= 4 is 45.6 Å². The Morgan fingerprint density at radius 2 is 1.89 bits per heavy atom. The van der Waals surface area contributed by atoms with Crippen molar-refractivity contribution in [3.05, 3.63) is 57.1 Å². The highest BCUT2D eigenvalue weighted by atomic mass is 79.9. The molecule has 35 heavy (non-hydrogen) atoms. The van der Waals surface area contributed by atoms with Gasteiger partial charge >= 0.3 is 11.8 Å². The average Bonchev–Trinajstić information content (AvgIpc) is 3.33. The summed E-state index contributed by atoms with van der Waals surface area (Å²) in [6.45, 7) is 6.62. The van der Waals surface area contributed by atoms with Gasteiger partial charge in [-0.1, -0.05) is 33.6 Å². The van der Waals surface area contributed by atoms with E-state index in [4.69, 9.17) is 9.47 Å². The van der Waals surface area contributed by atoms with Gasteiger partial charge < -0.3 is 20.1 Å². The second-order valence-electron chi connectivity index (χ2n) is 8.34. The van der Waals surface area contributed by atoms with Crippen molar-refractivity contribution in [2.75, 3.05) is 25.1 Å². The summed E-state index contributed by atoms with van der Waals surface area (Å²) in [5, 5.41) is 9.28. The number of nitrogens with zero attached hydrogens (tertiary/aromatic N) is 1. The Hall–Kier alpha value is -3.24. The molecule has 0 spiro atoms. The lowest BCUT2D eigenvalue weighted by molar-refractivity contribution is -0.139. The van der Waals surface area contributed by atoms with E-state index in [-0.39, 0.29) is 25.2 Å². The summed E-state index contributed by atoms with van der Waals surface area (Å²) in [4.78, 5) is 36.4. The van der Waals surface area contributed by atoms with Crippen molar-refractivity contribution in [2.24, 2.45) is 5.10 Å². The number of halogens is 1. The lowest BCUT2D eigenvalue weighted by Gasteiger charge is -2.14. The van der Waals surface area contributed by atoms with E-state index in [1.165, 1.54) is 6.21 Å². The Kier molecular flexibility index (Phi) is 9.39. The van der Waals surface area contributed by atoms with E-state index in [0.717, 1.165) is 39.7 Å². The number of benzene rings is 2. The third-order valence-electron chi connectivity index (χ3n) is 5.36. The average molecular weight is 545 g/mol. The molecule has 1 aliphatic rings. The highest BCUT2D eigenvalue weighted by Gasteiger charge is 2.19. The molecule has 0 unspecified atom stereocenters. The van der Waals surface area contributed by atoms with Gasteiger partial charge in [0, 0.05) is 28.9 Å². The minimum absolute atomic E-state index is 0.0623. The molecule has 0 aromatic heterocycles. The number of amides is 3. The molecule has 3 N–H and O–H groups in total. The van der Waals surface area contributed by atoms with Crippen LogP contribution in [0.25, 0.3) is 0 Å². The molecule has 10 heteroatoms. The first-order valence-corrected chi connectivity index (χ1v) is 12.0. The molecule has 1 heterocycles. The predicted octanol–water partition coefficient (Wildman–Crippen LogP) is 3.14. The Balaban J connectivity index is 1.55. The number of aryl methyl sites for hydroxylation is 3. The van der Waals surface area contributed by atoms with Crippen LogP contribution < -0.4 is 20.8 Å². The molecule has 1 saturated heterocycles. The summed E-state index contributed by atoms with van der Waals surface area (Å²) < 4.78 is 11.9. The van der Waals surface area contributed by atoms with Crippen molar-refractivity contribution in [3.8, 4) is 5.75 Å². The fraction of sp³-hybridized carbons (Fsp3) is 0.360.